The number of halogens is 3. The molecule has 120 valence electrons. The number of carbonyl (C=O) groups excluding carboxylic acids is 2. The molecular weight excluding hydrogens is 299 g/mol. The first-order valence-electron chi connectivity index (χ1n) is 6.83. The lowest BCUT2D eigenvalue weighted by Gasteiger charge is -2.30. The van der Waals surface area contributed by atoms with E-state index in [0.717, 1.165) is 12.1 Å². The van der Waals surface area contributed by atoms with Crippen LogP contribution in [0.15, 0.2) is 12.1 Å². The second kappa shape index (κ2) is 5.94. The minimum absolute atomic E-state index is 0.0387. The van der Waals surface area contributed by atoms with Crippen molar-refractivity contribution in [2.45, 2.75) is 25.9 Å². The molecule has 1 aliphatic rings. The predicted molar refractivity (Wildman–Crippen MR) is 71.8 cm³/mol. The van der Waals surface area contributed by atoms with Crippen molar-refractivity contribution >= 4 is 11.8 Å². The molecule has 2 N–H and O–H groups in total. The Kier molecular flexibility index (Phi) is 4.39. The molecular formula is C14H16F3N3O2. The summed E-state index contributed by atoms with van der Waals surface area (Å²) in [7, 11) is 0. The lowest BCUT2D eigenvalue weighted by molar-refractivity contribution is -0.141. The number of piperidine rings is 1. The van der Waals surface area contributed by atoms with Gasteiger partial charge in [-0.2, -0.15) is 13.2 Å². The maximum atomic E-state index is 12.6. The van der Waals surface area contributed by atoms with Crippen molar-refractivity contribution < 1.29 is 22.8 Å². The van der Waals surface area contributed by atoms with Crippen LogP contribution in [0.3, 0.4) is 0 Å². The second-order valence-corrected chi connectivity index (χ2v) is 5.30. The van der Waals surface area contributed by atoms with E-state index in [4.69, 9.17) is 5.73 Å². The SMILES string of the molecule is Cc1nc(C(F)(F)F)ccc1C(=O)N1CCC(C(N)=O)CC1. The molecule has 1 fully saturated rings. The predicted octanol–water partition coefficient (Wildman–Crippen LogP) is 1.75. The van der Waals surface area contributed by atoms with Crippen molar-refractivity contribution in [1.29, 1.82) is 0 Å². The molecule has 1 aromatic heterocycles. The van der Waals surface area contributed by atoms with Gasteiger partial charge in [0, 0.05) is 19.0 Å². The van der Waals surface area contributed by atoms with Gasteiger partial charge in [0.15, 0.2) is 0 Å². The van der Waals surface area contributed by atoms with E-state index in [-0.39, 0.29) is 29.0 Å². The first-order valence-corrected chi connectivity index (χ1v) is 6.83. The maximum Gasteiger partial charge on any atom is 0.433 e. The van der Waals surface area contributed by atoms with E-state index < -0.39 is 11.9 Å². The van der Waals surface area contributed by atoms with Crippen molar-refractivity contribution in [2.24, 2.45) is 11.7 Å². The van der Waals surface area contributed by atoms with Gasteiger partial charge in [0.25, 0.3) is 5.91 Å². The summed E-state index contributed by atoms with van der Waals surface area (Å²) in [4.78, 5) is 28.4. The van der Waals surface area contributed by atoms with Crippen LogP contribution in [0.4, 0.5) is 13.2 Å². The Morgan fingerprint density at radius 1 is 1.27 bits per heavy atom. The highest BCUT2D eigenvalue weighted by molar-refractivity contribution is 5.95. The van der Waals surface area contributed by atoms with E-state index in [9.17, 15) is 22.8 Å². The van der Waals surface area contributed by atoms with Crippen LogP contribution in [0, 0.1) is 12.8 Å². The van der Waals surface area contributed by atoms with Gasteiger partial charge in [0.1, 0.15) is 5.69 Å². The Morgan fingerprint density at radius 3 is 2.32 bits per heavy atom. The number of hydrogen-bond acceptors (Lipinski definition) is 3. The van der Waals surface area contributed by atoms with Gasteiger partial charge >= 0.3 is 6.18 Å². The van der Waals surface area contributed by atoms with Gasteiger partial charge in [-0.3, -0.25) is 9.59 Å². The van der Waals surface area contributed by atoms with Gasteiger partial charge in [-0.25, -0.2) is 4.98 Å². The zero-order valence-corrected chi connectivity index (χ0v) is 12.0. The van der Waals surface area contributed by atoms with Crippen molar-refractivity contribution in [3.8, 4) is 0 Å². The second-order valence-electron chi connectivity index (χ2n) is 5.30. The van der Waals surface area contributed by atoms with Crippen LogP contribution < -0.4 is 5.73 Å². The van der Waals surface area contributed by atoms with Crippen molar-refractivity contribution in [3.63, 3.8) is 0 Å². The fourth-order valence-corrected chi connectivity index (χ4v) is 2.48. The molecule has 22 heavy (non-hydrogen) atoms. The summed E-state index contributed by atoms with van der Waals surface area (Å²) in [5.41, 5.74) is 4.39. The van der Waals surface area contributed by atoms with Crippen molar-refractivity contribution in [3.05, 3.63) is 29.1 Å². The Balaban J connectivity index is 2.12. The Labute approximate surface area is 125 Å². The van der Waals surface area contributed by atoms with Gasteiger partial charge in [-0.05, 0) is 31.9 Å². The molecule has 2 heterocycles. The largest absolute Gasteiger partial charge is 0.433 e. The van der Waals surface area contributed by atoms with E-state index >= 15 is 0 Å². The molecule has 1 aliphatic heterocycles. The van der Waals surface area contributed by atoms with Crippen LogP contribution in [-0.4, -0.2) is 34.8 Å². The number of pyridine rings is 1. The quantitative estimate of drug-likeness (QED) is 0.903. The van der Waals surface area contributed by atoms with E-state index in [2.05, 4.69) is 4.98 Å². The molecule has 1 aromatic rings. The Hall–Kier alpha value is -2.12. The summed E-state index contributed by atoms with van der Waals surface area (Å²) in [6, 6.07) is 1.95. The number of hydrogen-bond donors (Lipinski definition) is 1. The Morgan fingerprint density at radius 2 is 1.86 bits per heavy atom. The third-order valence-electron chi connectivity index (χ3n) is 3.79. The van der Waals surface area contributed by atoms with Crippen molar-refractivity contribution in [1.82, 2.24) is 9.88 Å². The molecule has 0 radical (unpaired) electrons. The number of carbonyl (C=O) groups is 2. The van der Waals surface area contributed by atoms with Gasteiger partial charge in [-0.1, -0.05) is 0 Å². The first kappa shape index (κ1) is 16.3. The number of primary amides is 1. The highest BCUT2D eigenvalue weighted by Crippen LogP contribution is 2.28. The molecule has 0 saturated carbocycles. The lowest BCUT2D eigenvalue weighted by atomic mass is 9.95. The molecule has 2 amide bonds. The third kappa shape index (κ3) is 3.37. The summed E-state index contributed by atoms with van der Waals surface area (Å²) in [5.74, 6) is -1.02. The van der Waals surface area contributed by atoms with Crippen LogP contribution in [-0.2, 0) is 11.0 Å². The first-order chi connectivity index (χ1) is 10.2. The molecule has 0 aromatic carbocycles. The number of likely N-dealkylation sites (tertiary alicyclic amines) is 1. The number of aryl methyl sites for hydroxylation is 1. The van der Waals surface area contributed by atoms with Crippen LogP contribution in [0.2, 0.25) is 0 Å². The van der Waals surface area contributed by atoms with Gasteiger partial charge < -0.3 is 10.6 Å². The summed E-state index contributed by atoms with van der Waals surface area (Å²) in [6.07, 6.45) is -3.60. The maximum absolute atomic E-state index is 12.6. The smallest absolute Gasteiger partial charge is 0.369 e. The van der Waals surface area contributed by atoms with E-state index in [1.165, 1.54) is 11.8 Å². The zero-order valence-electron chi connectivity index (χ0n) is 12.0. The summed E-state index contributed by atoms with van der Waals surface area (Å²) >= 11 is 0. The normalized spacial score (nSPS) is 16.6. The third-order valence-corrected chi connectivity index (χ3v) is 3.79. The molecule has 5 nitrogen and oxygen atoms in total. The van der Waals surface area contributed by atoms with Crippen LogP contribution in [0.5, 0.6) is 0 Å². The van der Waals surface area contributed by atoms with E-state index in [1.807, 2.05) is 0 Å². The molecule has 0 bridgehead atoms. The number of alkyl halides is 3. The van der Waals surface area contributed by atoms with E-state index in [0.29, 0.717) is 25.9 Å². The number of nitrogens with two attached hydrogens (primary N) is 1. The number of aromatic nitrogens is 1. The van der Waals surface area contributed by atoms with E-state index in [1.54, 1.807) is 0 Å². The average molecular weight is 315 g/mol. The van der Waals surface area contributed by atoms with Crippen LogP contribution in [0.1, 0.15) is 34.6 Å². The summed E-state index contributed by atoms with van der Waals surface area (Å²) in [6.45, 7) is 2.08. The summed E-state index contributed by atoms with van der Waals surface area (Å²) < 4.78 is 37.7. The number of nitrogens with zero attached hydrogens (tertiary/aromatic N) is 2. The fraction of sp³-hybridized carbons (Fsp3) is 0.500. The molecule has 0 unspecified atom stereocenters. The zero-order chi connectivity index (χ0) is 16.5. The van der Waals surface area contributed by atoms with Gasteiger partial charge in [-0.15, -0.1) is 0 Å². The van der Waals surface area contributed by atoms with Gasteiger partial charge in [0.05, 0.1) is 11.3 Å². The lowest BCUT2D eigenvalue weighted by Crippen LogP contribution is -2.42. The fourth-order valence-electron chi connectivity index (χ4n) is 2.48. The minimum atomic E-state index is -4.54. The highest BCUT2D eigenvalue weighted by atomic mass is 19.4. The number of rotatable bonds is 2. The summed E-state index contributed by atoms with van der Waals surface area (Å²) in [5, 5.41) is 0. The number of amides is 2. The van der Waals surface area contributed by atoms with Crippen LogP contribution >= 0.6 is 0 Å². The standard InChI is InChI=1S/C14H16F3N3O2/c1-8-10(2-3-11(19-8)14(15,16)17)13(22)20-6-4-9(5-7-20)12(18)21/h2-3,9H,4-7H2,1H3,(H2,18,21). The topological polar surface area (TPSA) is 76.3 Å². The van der Waals surface area contributed by atoms with Crippen LogP contribution in [0.25, 0.3) is 0 Å². The molecule has 2 rings (SSSR count). The Bertz CT molecular complexity index is 593. The molecule has 0 spiro atoms. The minimum Gasteiger partial charge on any atom is -0.369 e. The average Bonchev–Trinajstić information content (AvgIpc) is 2.45. The van der Waals surface area contributed by atoms with Gasteiger partial charge in [0.2, 0.25) is 5.91 Å². The van der Waals surface area contributed by atoms with Crippen molar-refractivity contribution in [2.75, 3.05) is 13.1 Å². The molecule has 8 heteroatoms. The highest BCUT2D eigenvalue weighted by Gasteiger charge is 2.34. The monoisotopic (exact) mass is 315 g/mol. The molecule has 1 saturated heterocycles. The molecule has 0 aliphatic carbocycles. The molecule has 0 atom stereocenters.